The van der Waals surface area contributed by atoms with Gasteiger partial charge in [0.05, 0.1) is 16.5 Å². The first kappa shape index (κ1) is 38.0. The third-order valence-corrected chi connectivity index (χ3v) is 15.7. The standard InChI is InChI=1S/C63H45NS/c1-42-32-38-59-51(40-42)52-41-44(35-39-60(52)65-59)43-33-36-48(37-34-43)64(47-22-9-4-10-23-47)58-31-16-15-29-56(58)62(45-18-5-2-6-19-45)54-27-13-14-28-55(54)63(46-20-7-3-8-21-46)53-26-12-11-24-49(53)50-25-17-30-57(62)61(50)63/h2-39,41-42H,40H2,1H3. The van der Waals surface area contributed by atoms with E-state index in [1.54, 1.807) is 0 Å². The number of anilines is 3. The second-order valence-corrected chi connectivity index (χ2v) is 19.1. The van der Waals surface area contributed by atoms with Crippen molar-refractivity contribution in [1.82, 2.24) is 0 Å². The van der Waals surface area contributed by atoms with E-state index >= 15 is 0 Å². The lowest BCUT2D eigenvalue weighted by molar-refractivity contribution is 0.627. The van der Waals surface area contributed by atoms with E-state index in [9.17, 15) is 0 Å². The number of nitrogens with zero attached hydrogens (tertiary/aromatic N) is 1. The van der Waals surface area contributed by atoms with Crippen LogP contribution in [0, 0.1) is 5.92 Å². The smallest absolute Gasteiger partial charge is 0.0728 e. The van der Waals surface area contributed by atoms with Crippen LogP contribution >= 0.6 is 11.3 Å². The normalized spacial score (nSPS) is 18.7. The predicted octanol–water partition coefficient (Wildman–Crippen LogP) is 16.3. The predicted molar refractivity (Wildman–Crippen MR) is 273 cm³/mol. The molecule has 0 radical (unpaired) electrons. The molecule has 3 atom stereocenters. The number of rotatable bonds is 7. The van der Waals surface area contributed by atoms with Crippen LogP contribution in [0.15, 0.2) is 231 Å². The maximum Gasteiger partial charge on any atom is 0.0728 e. The average molecular weight is 848 g/mol. The van der Waals surface area contributed by atoms with Gasteiger partial charge < -0.3 is 4.90 Å². The van der Waals surface area contributed by atoms with Crippen molar-refractivity contribution in [1.29, 1.82) is 0 Å². The van der Waals surface area contributed by atoms with Gasteiger partial charge in [-0.25, -0.2) is 0 Å². The minimum Gasteiger partial charge on any atom is -0.310 e. The Morgan fingerprint density at radius 1 is 0.462 bits per heavy atom. The summed E-state index contributed by atoms with van der Waals surface area (Å²) in [6, 6.07) is 84.5. The molecule has 0 fully saturated rings. The monoisotopic (exact) mass is 847 g/mol. The first-order valence-corrected chi connectivity index (χ1v) is 23.7. The van der Waals surface area contributed by atoms with Crippen LogP contribution in [0.3, 0.4) is 0 Å². The number of allylic oxidation sites excluding steroid dienone is 1. The summed E-state index contributed by atoms with van der Waals surface area (Å²) in [5.41, 5.74) is 19.1. The summed E-state index contributed by atoms with van der Waals surface area (Å²) in [4.78, 5) is 3.89. The quantitative estimate of drug-likeness (QED) is 0.154. The lowest BCUT2D eigenvalue weighted by atomic mass is 9.51. The zero-order valence-corrected chi connectivity index (χ0v) is 37.0. The van der Waals surface area contributed by atoms with Gasteiger partial charge in [-0.1, -0.05) is 195 Å². The summed E-state index contributed by atoms with van der Waals surface area (Å²) < 4.78 is 1.37. The minimum atomic E-state index is -0.700. The fourth-order valence-corrected chi connectivity index (χ4v) is 13.1. The molecule has 0 amide bonds. The summed E-state index contributed by atoms with van der Waals surface area (Å²) in [6.45, 7) is 2.32. The number of thiophene rings is 1. The van der Waals surface area contributed by atoms with Crippen molar-refractivity contribution in [3.63, 3.8) is 0 Å². The molecule has 9 aromatic carbocycles. The molecule has 1 heterocycles. The largest absolute Gasteiger partial charge is 0.310 e. The van der Waals surface area contributed by atoms with Crippen molar-refractivity contribution >= 4 is 44.6 Å². The van der Waals surface area contributed by atoms with Gasteiger partial charge in [0, 0.05) is 21.0 Å². The first-order chi connectivity index (χ1) is 32.2. The maximum absolute atomic E-state index is 2.48. The summed E-state index contributed by atoms with van der Waals surface area (Å²) in [5, 5.41) is 1.40. The van der Waals surface area contributed by atoms with Crippen LogP contribution in [-0.4, -0.2) is 0 Å². The molecule has 0 spiro atoms. The Balaban J connectivity index is 1.06. The Kier molecular flexibility index (Phi) is 8.63. The number of fused-ring (bicyclic) bond motifs is 8. The Labute approximate surface area is 385 Å². The molecule has 1 aromatic heterocycles. The summed E-state index contributed by atoms with van der Waals surface area (Å²) in [6.07, 6.45) is 5.78. The fraction of sp³-hybridized carbons (Fsp3) is 0.0794. The van der Waals surface area contributed by atoms with E-state index in [2.05, 4.69) is 248 Å². The van der Waals surface area contributed by atoms with E-state index in [0.29, 0.717) is 5.92 Å². The van der Waals surface area contributed by atoms with Gasteiger partial charge in [-0.2, -0.15) is 0 Å². The first-order valence-electron chi connectivity index (χ1n) is 22.9. The molecule has 0 bridgehead atoms. The van der Waals surface area contributed by atoms with Crippen LogP contribution in [0.5, 0.6) is 0 Å². The average Bonchev–Trinajstić information content (AvgIpc) is 3.89. The van der Waals surface area contributed by atoms with Gasteiger partial charge in [0.15, 0.2) is 0 Å². The summed E-state index contributed by atoms with van der Waals surface area (Å²) in [5.74, 6) is 0.559. The molecule has 65 heavy (non-hydrogen) atoms. The van der Waals surface area contributed by atoms with E-state index in [4.69, 9.17) is 0 Å². The van der Waals surface area contributed by atoms with Crippen molar-refractivity contribution in [3.8, 4) is 22.3 Å². The molecule has 1 nitrogen and oxygen atoms in total. The molecule has 0 N–H and O–H groups in total. The van der Waals surface area contributed by atoms with Crippen LogP contribution in [0.2, 0.25) is 0 Å². The van der Waals surface area contributed by atoms with Crippen molar-refractivity contribution < 1.29 is 0 Å². The van der Waals surface area contributed by atoms with E-state index in [1.165, 1.54) is 87.3 Å². The van der Waals surface area contributed by atoms with Crippen molar-refractivity contribution in [2.24, 2.45) is 5.92 Å². The Bertz CT molecular complexity index is 3470. The van der Waals surface area contributed by atoms with Gasteiger partial charge in [-0.15, -0.1) is 11.3 Å². The molecule has 3 unspecified atom stereocenters. The third kappa shape index (κ3) is 5.44. The van der Waals surface area contributed by atoms with Crippen LogP contribution in [0.4, 0.5) is 17.1 Å². The van der Waals surface area contributed by atoms with E-state index < -0.39 is 10.8 Å². The molecule has 0 saturated heterocycles. The summed E-state index contributed by atoms with van der Waals surface area (Å²) in [7, 11) is 0. The maximum atomic E-state index is 2.48. The Hall–Kier alpha value is -7.52. The van der Waals surface area contributed by atoms with Crippen LogP contribution in [-0.2, 0) is 17.3 Å². The molecule has 2 heteroatoms. The van der Waals surface area contributed by atoms with Gasteiger partial charge in [-0.05, 0) is 139 Å². The molecule has 13 rings (SSSR count). The molecule has 3 aliphatic carbocycles. The lowest BCUT2D eigenvalue weighted by Gasteiger charge is -2.50. The third-order valence-electron chi connectivity index (χ3n) is 14.6. The van der Waals surface area contributed by atoms with Gasteiger partial charge >= 0.3 is 0 Å². The molecular formula is C63H45NS. The molecular weight excluding hydrogens is 803 g/mol. The molecule has 10 aromatic rings. The molecule has 308 valence electrons. The Morgan fingerprint density at radius 2 is 1.02 bits per heavy atom. The topological polar surface area (TPSA) is 3.24 Å². The molecule has 0 aliphatic heterocycles. The van der Waals surface area contributed by atoms with Gasteiger partial charge in [-0.3, -0.25) is 0 Å². The van der Waals surface area contributed by atoms with Crippen molar-refractivity contribution in [2.75, 3.05) is 4.90 Å². The van der Waals surface area contributed by atoms with Crippen LogP contribution in [0.25, 0.3) is 38.4 Å². The molecule has 3 aliphatic rings. The number of para-hydroxylation sites is 2. The second kappa shape index (κ2) is 14.8. The highest BCUT2D eigenvalue weighted by Gasteiger charge is 2.58. The lowest BCUT2D eigenvalue weighted by Crippen LogP contribution is -2.44. The number of hydrogen-bond acceptors (Lipinski definition) is 2. The van der Waals surface area contributed by atoms with Gasteiger partial charge in [0.25, 0.3) is 0 Å². The highest BCUT2D eigenvalue weighted by Crippen LogP contribution is 2.66. The van der Waals surface area contributed by atoms with Crippen LogP contribution in [0.1, 0.15) is 61.9 Å². The summed E-state index contributed by atoms with van der Waals surface area (Å²) >= 11 is 1.92. The zero-order valence-electron chi connectivity index (χ0n) is 36.2. The van der Waals surface area contributed by atoms with Crippen molar-refractivity contribution in [3.05, 3.63) is 285 Å². The van der Waals surface area contributed by atoms with Crippen LogP contribution < -0.4 is 4.90 Å². The van der Waals surface area contributed by atoms with Crippen molar-refractivity contribution in [2.45, 2.75) is 24.2 Å². The minimum absolute atomic E-state index is 0.511. The van der Waals surface area contributed by atoms with Gasteiger partial charge in [0.2, 0.25) is 0 Å². The zero-order chi connectivity index (χ0) is 43.1. The number of hydrogen-bond donors (Lipinski definition) is 0. The van der Waals surface area contributed by atoms with E-state index in [0.717, 1.165) is 23.5 Å². The van der Waals surface area contributed by atoms with Gasteiger partial charge in [0.1, 0.15) is 0 Å². The van der Waals surface area contributed by atoms with E-state index in [1.807, 2.05) is 11.3 Å². The van der Waals surface area contributed by atoms with E-state index in [-0.39, 0.29) is 0 Å². The highest BCUT2D eigenvalue weighted by molar-refractivity contribution is 7.20. The fourth-order valence-electron chi connectivity index (χ4n) is 12.0. The Morgan fingerprint density at radius 3 is 1.75 bits per heavy atom. The highest BCUT2D eigenvalue weighted by atomic mass is 32.1. The molecule has 0 saturated carbocycles. The SMILES string of the molecule is CC1C=Cc2sc3ccc(-c4ccc(N(c5ccccc5)c5ccccc5C5(c6ccccc6)c6ccccc6C6(c7ccccc7)c7ccccc7-c7cccc5c76)cc4)cc3c2C1. The second-order valence-electron chi connectivity index (χ2n) is 18.0. The number of benzene rings is 9.